The van der Waals surface area contributed by atoms with Crippen LogP contribution in [-0.2, 0) is 16.1 Å². The highest BCUT2D eigenvalue weighted by molar-refractivity contribution is 5.95. The van der Waals surface area contributed by atoms with Gasteiger partial charge in [-0.25, -0.2) is 0 Å². The normalized spacial score (nSPS) is 11.7. The van der Waals surface area contributed by atoms with Crippen LogP contribution in [0, 0.1) is 0 Å². The SMILES string of the molecule is COc1cc(N)ccc1NC(=O)C(C)OCc1ccccc1. The highest BCUT2D eigenvalue weighted by Crippen LogP contribution is 2.26. The second-order valence-electron chi connectivity index (χ2n) is 4.89. The van der Waals surface area contributed by atoms with Crippen molar-refractivity contribution in [1.29, 1.82) is 0 Å². The molecule has 0 aliphatic rings. The lowest BCUT2D eigenvalue weighted by Crippen LogP contribution is -2.27. The number of nitrogens with two attached hydrogens (primary N) is 1. The highest BCUT2D eigenvalue weighted by atomic mass is 16.5. The van der Waals surface area contributed by atoms with Gasteiger partial charge in [0.15, 0.2) is 0 Å². The summed E-state index contributed by atoms with van der Waals surface area (Å²) in [5.74, 6) is 0.280. The lowest BCUT2D eigenvalue weighted by Gasteiger charge is -2.15. The summed E-state index contributed by atoms with van der Waals surface area (Å²) in [5, 5.41) is 2.78. The molecule has 0 saturated carbocycles. The molecule has 22 heavy (non-hydrogen) atoms. The van der Waals surface area contributed by atoms with Gasteiger partial charge in [0.05, 0.1) is 19.4 Å². The fourth-order valence-corrected chi connectivity index (χ4v) is 1.92. The first kappa shape index (κ1) is 15.9. The number of rotatable bonds is 6. The van der Waals surface area contributed by atoms with Crippen molar-refractivity contribution < 1.29 is 14.3 Å². The molecule has 1 atom stereocenters. The summed E-state index contributed by atoms with van der Waals surface area (Å²) in [4.78, 5) is 12.2. The van der Waals surface area contributed by atoms with Crippen molar-refractivity contribution in [2.75, 3.05) is 18.2 Å². The van der Waals surface area contributed by atoms with Crippen molar-refractivity contribution in [2.45, 2.75) is 19.6 Å². The van der Waals surface area contributed by atoms with Crippen LogP contribution in [0.3, 0.4) is 0 Å². The molecule has 0 fully saturated rings. The van der Waals surface area contributed by atoms with E-state index in [2.05, 4.69) is 5.32 Å². The Bertz CT molecular complexity index is 629. The van der Waals surface area contributed by atoms with E-state index in [9.17, 15) is 4.79 Å². The van der Waals surface area contributed by atoms with E-state index in [0.29, 0.717) is 23.7 Å². The Morgan fingerprint density at radius 3 is 2.64 bits per heavy atom. The van der Waals surface area contributed by atoms with Gasteiger partial charge in [0, 0.05) is 11.8 Å². The molecule has 3 N–H and O–H groups in total. The maximum Gasteiger partial charge on any atom is 0.253 e. The fourth-order valence-electron chi connectivity index (χ4n) is 1.92. The van der Waals surface area contributed by atoms with Gasteiger partial charge in [-0.1, -0.05) is 30.3 Å². The molecule has 0 spiro atoms. The molecule has 1 unspecified atom stereocenters. The van der Waals surface area contributed by atoms with E-state index in [1.165, 1.54) is 7.11 Å². The predicted molar refractivity (Wildman–Crippen MR) is 86.7 cm³/mol. The van der Waals surface area contributed by atoms with E-state index in [1.807, 2.05) is 30.3 Å². The Morgan fingerprint density at radius 1 is 1.23 bits per heavy atom. The van der Waals surface area contributed by atoms with Crippen LogP contribution in [0.5, 0.6) is 5.75 Å². The maximum absolute atomic E-state index is 12.2. The third-order valence-electron chi connectivity index (χ3n) is 3.20. The Balaban J connectivity index is 1.94. The van der Waals surface area contributed by atoms with Crippen LogP contribution in [0.25, 0.3) is 0 Å². The number of anilines is 2. The Morgan fingerprint density at radius 2 is 1.95 bits per heavy atom. The van der Waals surface area contributed by atoms with Gasteiger partial charge in [-0.2, -0.15) is 0 Å². The summed E-state index contributed by atoms with van der Waals surface area (Å²) in [6.07, 6.45) is -0.581. The standard InChI is InChI=1S/C17H20N2O3/c1-12(22-11-13-6-4-3-5-7-13)17(20)19-15-9-8-14(18)10-16(15)21-2/h3-10,12H,11,18H2,1-2H3,(H,19,20). The first-order valence-corrected chi connectivity index (χ1v) is 7.00. The summed E-state index contributed by atoms with van der Waals surface area (Å²) < 4.78 is 10.8. The van der Waals surface area contributed by atoms with E-state index in [-0.39, 0.29) is 5.91 Å². The topological polar surface area (TPSA) is 73.6 Å². The van der Waals surface area contributed by atoms with Gasteiger partial charge in [-0.3, -0.25) is 4.79 Å². The largest absolute Gasteiger partial charge is 0.494 e. The molecule has 0 bridgehead atoms. The van der Waals surface area contributed by atoms with Gasteiger partial charge in [0.2, 0.25) is 0 Å². The van der Waals surface area contributed by atoms with Crippen molar-refractivity contribution in [3.05, 3.63) is 54.1 Å². The molecule has 2 aromatic carbocycles. The van der Waals surface area contributed by atoms with Crippen molar-refractivity contribution >= 4 is 17.3 Å². The van der Waals surface area contributed by atoms with Gasteiger partial charge >= 0.3 is 0 Å². The molecule has 0 aliphatic carbocycles. The number of carbonyl (C=O) groups excluding carboxylic acids is 1. The average Bonchev–Trinajstić information content (AvgIpc) is 2.55. The average molecular weight is 300 g/mol. The molecule has 2 aromatic rings. The van der Waals surface area contributed by atoms with Crippen LogP contribution in [0.1, 0.15) is 12.5 Å². The first-order valence-electron chi connectivity index (χ1n) is 7.00. The van der Waals surface area contributed by atoms with Gasteiger partial charge in [-0.15, -0.1) is 0 Å². The zero-order valence-corrected chi connectivity index (χ0v) is 12.7. The van der Waals surface area contributed by atoms with Gasteiger partial charge in [0.25, 0.3) is 5.91 Å². The third-order valence-corrected chi connectivity index (χ3v) is 3.20. The van der Waals surface area contributed by atoms with E-state index >= 15 is 0 Å². The molecule has 2 rings (SSSR count). The minimum absolute atomic E-state index is 0.237. The lowest BCUT2D eigenvalue weighted by molar-refractivity contribution is -0.127. The maximum atomic E-state index is 12.2. The van der Waals surface area contributed by atoms with Gasteiger partial charge in [-0.05, 0) is 24.6 Å². The molecule has 0 aromatic heterocycles. The monoisotopic (exact) mass is 300 g/mol. The van der Waals surface area contributed by atoms with Crippen LogP contribution in [-0.4, -0.2) is 19.1 Å². The molecule has 0 heterocycles. The summed E-state index contributed by atoms with van der Waals surface area (Å²) in [7, 11) is 1.53. The van der Waals surface area contributed by atoms with Gasteiger partial charge in [0.1, 0.15) is 11.9 Å². The molecule has 5 heteroatoms. The van der Waals surface area contributed by atoms with Crippen LogP contribution in [0.2, 0.25) is 0 Å². The van der Waals surface area contributed by atoms with Crippen molar-refractivity contribution in [3.8, 4) is 5.75 Å². The smallest absolute Gasteiger partial charge is 0.253 e. The number of carbonyl (C=O) groups is 1. The number of nitrogens with one attached hydrogen (secondary N) is 1. The lowest BCUT2D eigenvalue weighted by atomic mass is 10.2. The minimum atomic E-state index is -0.581. The number of ether oxygens (including phenoxy) is 2. The molecule has 0 aliphatic heterocycles. The van der Waals surface area contributed by atoms with Crippen LogP contribution in [0.15, 0.2) is 48.5 Å². The second-order valence-corrected chi connectivity index (χ2v) is 4.89. The van der Waals surface area contributed by atoms with Crippen molar-refractivity contribution in [2.24, 2.45) is 0 Å². The number of nitrogen functional groups attached to an aromatic ring is 1. The zero-order chi connectivity index (χ0) is 15.9. The van der Waals surface area contributed by atoms with Crippen LogP contribution >= 0.6 is 0 Å². The van der Waals surface area contributed by atoms with E-state index in [0.717, 1.165) is 5.56 Å². The fraction of sp³-hybridized carbons (Fsp3) is 0.235. The number of amides is 1. The predicted octanol–water partition coefficient (Wildman–Crippen LogP) is 2.82. The summed E-state index contributed by atoms with van der Waals surface area (Å²) in [6, 6.07) is 14.8. The molecular weight excluding hydrogens is 280 g/mol. The highest BCUT2D eigenvalue weighted by Gasteiger charge is 2.15. The van der Waals surface area contributed by atoms with Crippen LogP contribution in [0.4, 0.5) is 11.4 Å². The number of hydrogen-bond donors (Lipinski definition) is 2. The molecule has 1 amide bonds. The molecule has 116 valence electrons. The quantitative estimate of drug-likeness (QED) is 0.805. The Labute approximate surface area is 130 Å². The molecule has 0 saturated heterocycles. The molecule has 5 nitrogen and oxygen atoms in total. The second kappa shape index (κ2) is 7.47. The van der Waals surface area contributed by atoms with E-state index in [1.54, 1.807) is 25.1 Å². The minimum Gasteiger partial charge on any atom is -0.494 e. The summed E-state index contributed by atoms with van der Waals surface area (Å²) in [5.41, 5.74) is 7.85. The summed E-state index contributed by atoms with van der Waals surface area (Å²) >= 11 is 0. The molecular formula is C17H20N2O3. The number of hydrogen-bond acceptors (Lipinski definition) is 4. The zero-order valence-electron chi connectivity index (χ0n) is 12.7. The first-order chi connectivity index (χ1) is 10.6. The Kier molecular flexibility index (Phi) is 5.38. The van der Waals surface area contributed by atoms with Crippen LogP contribution < -0.4 is 15.8 Å². The van der Waals surface area contributed by atoms with E-state index in [4.69, 9.17) is 15.2 Å². The van der Waals surface area contributed by atoms with E-state index < -0.39 is 6.10 Å². The summed E-state index contributed by atoms with van der Waals surface area (Å²) in [6.45, 7) is 2.09. The number of methoxy groups -OCH3 is 1. The van der Waals surface area contributed by atoms with Gasteiger partial charge < -0.3 is 20.5 Å². The van der Waals surface area contributed by atoms with Crippen molar-refractivity contribution in [3.63, 3.8) is 0 Å². The molecule has 0 radical (unpaired) electrons. The third kappa shape index (κ3) is 4.23. The Hall–Kier alpha value is -2.53. The number of benzene rings is 2. The van der Waals surface area contributed by atoms with Crippen molar-refractivity contribution in [1.82, 2.24) is 0 Å².